The number of aryl methyl sites for hydroxylation is 3. The number of para-hydroxylation sites is 2. The molecule has 2 heterocycles. The van der Waals surface area contributed by atoms with Gasteiger partial charge < -0.3 is 10.3 Å². The van der Waals surface area contributed by atoms with Crippen LogP contribution >= 0.6 is 0 Å². The van der Waals surface area contributed by atoms with Crippen LogP contribution in [0.25, 0.3) is 22.4 Å². The molecule has 1 amide bonds. The van der Waals surface area contributed by atoms with Crippen molar-refractivity contribution in [1.82, 2.24) is 19.1 Å². The maximum Gasteiger partial charge on any atom is 0.329 e. The Morgan fingerprint density at radius 3 is 2.39 bits per heavy atom. The molecule has 2 N–H and O–H groups in total. The number of carbonyl (C=O) groups is 1. The molecule has 2 aromatic carbocycles. The third-order valence-corrected chi connectivity index (χ3v) is 5.51. The number of rotatable bonds is 8. The number of benzene rings is 2. The maximum atomic E-state index is 12.9. The molecule has 0 saturated heterocycles. The van der Waals surface area contributed by atoms with Gasteiger partial charge in [-0.2, -0.15) is 0 Å². The first-order chi connectivity index (χ1) is 16.0. The number of hydrogen-bond donors (Lipinski definition) is 2. The number of aromatic nitrogens is 4. The second-order valence-electron chi connectivity index (χ2n) is 7.89. The van der Waals surface area contributed by atoms with Gasteiger partial charge in [-0.05, 0) is 37.1 Å². The van der Waals surface area contributed by atoms with E-state index < -0.39 is 0 Å². The monoisotopic (exact) mass is 445 g/mol. The number of nitrogens with zero attached hydrogens (tertiary/aromatic N) is 3. The molecule has 33 heavy (non-hydrogen) atoms. The van der Waals surface area contributed by atoms with Crippen molar-refractivity contribution in [1.29, 1.82) is 0 Å². The number of anilines is 1. The van der Waals surface area contributed by atoms with Gasteiger partial charge in [0.1, 0.15) is 5.82 Å². The lowest BCUT2D eigenvalue weighted by atomic mass is 10.1. The molecule has 0 saturated carbocycles. The third-order valence-electron chi connectivity index (χ3n) is 5.51. The number of aromatic amines is 1. The Balaban J connectivity index is 1.50. The summed E-state index contributed by atoms with van der Waals surface area (Å²) >= 11 is 0. The molecule has 170 valence electrons. The zero-order valence-electron chi connectivity index (χ0n) is 18.8. The van der Waals surface area contributed by atoms with Crippen LogP contribution in [0.3, 0.4) is 0 Å². The number of imidazole rings is 1. The lowest BCUT2D eigenvalue weighted by molar-refractivity contribution is -0.116. The summed E-state index contributed by atoms with van der Waals surface area (Å²) in [4.78, 5) is 44.7. The van der Waals surface area contributed by atoms with Crippen molar-refractivity contribution in [2.45, 2.75) is 46.2 Å². The van der Waals surface area contributed by atoms with E-state index in [2.05, 4.69) is 15.3 Å². The molecule has 0 atom stereocenters. The molecule has 0 fully saturated rings. The van der Waals surface area contributed by atoms with Crippen molar-refractivity contribution in [3.8, 4) is 11.4 Å². The van der Waals surface area contributed by atoms with Gasteiger partial charge in [-0.25, -0.2) is 9.78 Å². The second kappa shape index (κ2) is 9.68. The summed E-state index contributed by atoms with van der Waals surface area (Å²) in [5.41, 5.74) is 3.42. The molecule has 2 aromatic heterocycles. The number of nitrogens with one attached hydrogen (secondary N) is 2. The highest BCUT2D eigenvalue weighted by Gasteiger charge is 2.14. The van der Waals surface area contributed by atoms with Crippen molar-refractivity contribution < 1.29 is 4.79 Å². The highest BCUT2D eigenvalue weighted by atomic mass is 16.2. The Labute approximate surface area is 190 Å². The largest absolute Gasteiger partial charge is 0.329 e. The van der Waals surface area contributed by atoms with Crippen LogP contribution in [0.4, 0.5) is 5.69 Å². The van der Waals surface area contributed by atoms with Gasteiger partial charge in [-0.3, -0.25) is 18.7 Å². The van der Waals surface area contributed by atoms with Crippen molar-refractivity contribution in [3.05, 3.63) is 81.1 Å². The molecule has 4 aromatic rings. The molecule has 8 nitrogen and oxygen atoms in total. The minimum absolute atomic E-state index is 0.0984. The van der Waals surface area contributed by atoms with Gasteiger partial charge in [0.05, 0.1) is 11.0 Å². The lowest BCUT2D eigenvalue weighted by Crippen LogP contribution is -2.26. The SMILES string of the molecule is CCCn1c(=O)n(CCC(=O)Nc2cccc(-c3nc(CC)cc(=O)[nH]3)c2)c2ccccc21. The van der Waals surface area contributed by atoms with E-state index in [0.29, 0.717) is 35.7 Å². The summed E-state index contributed by atoms with van der Waals surface area (Å²) in [6, 6.07) is 16.3. The van der Waals surface area contributed by atoms with Crippen LogP contribution in [-0.4, -0.2) is 25.0 Å². The van der Waals surface area contributed by atoms with Gasteiger partial charge in [0.2, 0.25) is 5.91 Å². The molecule has 0 bridgehead atoms. The van der Waals surface area contributed by atoms with Gasteiger partial charge in [0.15, 0.2) is 0 Å². The molecule has 0 aliphatic carbocycles. The van der Waals surface area contributed by atoms with E-state index in [-0.39, 0.29) is 30.1 Å². The zero-order chi connectivity index (χ0) is 23.4. The van der Waals surface area contributed by atoms with E-state index in [9.17, 15) is 14.4 Å². The van der Waals surface area contributed by atoms with E-state index in [4.69, 9.17) is 0 Å². The molecular weight excluding hydrogens is 418 g/mol. The van der Waals surface area contributed by atoms with Gasteiger partial charge in [-0.1, -0.05) is 38.1 Å². The fourth-order valence-electron chi connectivity index (χ4n) is 3.94. The zero-order valence-corrected chi connectivity index (χ0v) is 18.8. The molecule has 0 aliphatic heterocycles. The highest BCUT2D eigenvalue weighted by Crippen LogP contribution is 2.19. The number of amides is 1. The number of carbonyl (C=O) groups excluding carboxylic acids is 1. The molecule has 0 unspecified atom stereocenters. The number of H-pyrrole nitrogens is 1. The Kier molecular flexibility index (Phi) is 6.53. The Hall–Kier alpha value is -3.94. The Morgan fingerprint density at radius 2 is 1.70 bits per heavy atom. The number of fused-ring (bicyclic) bond motifs is 1. The van der Waals surface area contributed by atoms with Crippen molar-refractivity contribution >= 4 is 22.6 Å². The van der Waals surface area contributed by atoms with Gasteiger partial charge in [0.25, 0.3) is 5.56 Å². The van der Waals surface area contributed by atoms with Crippen LogP contribution in [0, 0.1) is 0 Å². The fraction of sp³-hybridized carbons (Fsp3) is 0.280. The van der Waals surface area contributed by atoms with Crippen LogP contribution in [0.1, 0.15) is 32.4 Å². The smallest absolute Gasteiger partial charge is 0.326 e. The quantitative estimate of drug-likeness (QED) is 0.433. The molecule has 0 spiro atoms. The number of hydrogen-bond acceptors (Lipinski definition) is 4. The van der Waals surface area contributed by atoms with Crippen LogP contribution in [0.15, 0.2) is 64.2 Å². The van der Waals surface area contributed by atoms with Crippen LogP contribution in [0.2, 0.25) is 0 Å². The standard InChI is InChI=1S/C25H27N5O3/c1-3-13-29-20-10-5-6-11-21(20)30(25(29)33)14-12-22(31)26-19-9-7-8-17(15-19)24-27-18(4-2)16-23(32)28-24/h5-11,15-16H,3-4,12-14H2,1-2H3,(H,26,31)(H,27,28,32). The van der Waals surface area contributed by atoms with Gasteiger partial charge in [-0.15, -0.1) is 0 Å². The molecule has 0 radical (unpaired) electrons. The van der Waals surface area contributed by atoms with Gasteiger partial charge in [0, 0.05) is 42.5 Å². The first-order valence-electron chi connectivity index (χ1n) is 11.2. The van der Waals surface area contributed by atoms with Crippen molar-refractivity contribution in [2.24, 2.45) is 0 Å². The van der Waals surface area contributed by atoms with E-state index >= 15 is 0 Å². The molecule has 0 aliphatic rings. The third kappa shape index (κ3) is 4.79. The van der Waals surface area contributed by atoms with E-state index in [1.165, 1.54) is 6.07 Å². The summed E-state index contributed by atoms with van der Waals surface area (Å²) in [6.07, 6.45) is 1.66. The Bertz CT molecular complexity index is 1410. The molecule has 4 rings (SSSR count). The first kappa shape index (κ1) is 22.3. The topological polar surface area (TPSA) is 102 Å². The molecule has 8 heteroatoms. The van der Waals surface area contributed by atoms with Crippen molar-refractivity contribution in [3.63, 3.8) is 0 Å². The average Bonchev–Trinajstić information content (AvgIpc) is 3.08. The van der Waals surface area contributed by atoms with E-state index in [1.807, 2.05) is 44.2 Å². The predicted molar refractivity (Wildman–Crippen MR) is 129 cm³/mol. The van der Waals surface area contributed by atoms with E-state index in [0.717, 1.165) is 17.5 Å². The summed E-state index contributed by atoms with van der Waals surface area (Å²) in [7, 11) is 0. The minimum Gasteiger partial charge on any atom is -0.326 e. The van der Waals surface area contributed by atoms with Crippen LogP contribution in [-0.2, 0) is 24.3 Å². The van der Waals surface area contributed by atoms with E-state index in [1.54, 1.807) is 27.3 Å². The predicted octanol–water partition coefficient (Wildman–Crippen LogP) is 3.55. The van der Waals surface area contributed by atoms with Crippen LogP contribution in [0.5, 0.6) is 0 Å². The fourth-order valence-corrected chi connectivity index (χ4v) is 3.94. The summed E-state index contributed by atoms with van der Waals surface area (Å²) in [5.74, 6) is 0.265. The van der Waals surface area contributed by atoms with Crippen LogP contribution < -0.4 is 16.6 Å². The summed E-state index contributed by atoms with van der Waals surface area (Å²) in [6.45, 7) is 4.90. The minimum atomic E-state index is -0.209. The maximum absolute atomic E-state index is 12.9. The molecular formula is C25H27N5O3. The second-order valence-corrected chi connectivity index (χ2v) is 7.89. The Morgan fingerprint density at radius 1 is 0.970 bits per heavy atom. The van der Waals surface area contributed by atoms with Crippen molar-refractivity contribution in [2.75, 3.05) is 5.32 Å². The summed E-state index contributed by atoms with van der Waals surface area (Å²) < 4.78 is 3.42. The average molecular weight is 446 g/mol. The summed E-state index contributed by atoms with van der Waals surface area (Å²) in [5, 5.41) is 2.88. The lowest BCUT2D eigenvalue weighted by Gasteiger charge is -2.08. The highest BCUT2D eigenvalue weighted by molar-refractivity contribution is 5.91. The van der Waals surface area contributed by atoms with Gasteiger partial charge >= 0.3 is 5.69 Å². The first-order valence-corrected chi connectivity index (χ1v) is 11.2. The normalized spacial score (nSPS) is 11.1.